The highest BCUT2D eigenvalue weighted by molar-refractivity contribution is 7.98. The summed E-state index contributed by atoms with van der Waals surface area (Å²) in [7, 11) is -4.15. The van der Waals surface area contributed by atoms with E-state index in [1.54, 1.807) is 36.4 Å². The van der Waals surface area contributed by atoms with Gasteiger partial charge in [-0.05, 0) is 81.0 Å². The maximum atomic E-state index is 14.6. The maximum Gasteiger partial charge on any atom is 0.264 e. The first kappa shape index (κ1) is 34.8. The largest absolute Gasteiger partial charge is 0.352 e. The molecule has 2 amide bonds. The summed E-state index contributed by atoms with van der Waals surface area (Å²) < 4.78 is 29.6. The van der Waals surface area contributed by atoms with Crippen molar-refractivity contribution in [2.45, 2.75) is 69.0 Å². The summed E-state index contributed by atoms with van der Waals surface area (Å²) in [5.74, 6) is -0.761. The normalized spacial score (nSPS) is 12.6. The van der Waals surface area contributed by atoms with Gasteiger partial charge in [-0.2, -0.15) is 0 Å². The molecule has 1 N–H and O–H groups in total. The molecule has 4 aromatic rings. The minimum absolute atomic E-state index is 0.0826. The van der Waals surface area contributed by atoms with E-state index in [1.807, 2.05) is 101 Å². The molecule has 0 spiro atoms. The number of carbonyl (C=O) groups excluding carboxylic acids is 2. The van der Waals surface area contributed by atoms with Gasteiger partial charge in [0.25, 0.3) is 10.0 Å². The van der Waals surface area contributed by atoms with E-state index < -0.39 is 28.5 Å². The number of hydrogen-bond acceptors (Lipinski definition) is 5. The molecular formula is C37H43N3O4S2. The first-order chi connectivity index (χ1) is 22.0. The third kappa shape index (κ3) is 9.01. The molecule has 0 fully saturated rings. The van der Waals surface area contributed by atoms with Crippen molar-refractivity contribution in [1.82, 2.24) is 10.2 Å². The van der Waals surface area contributed by atoms with Crippen molar-refractivity contribution in [1.29, 1.82) is 0 Å². The minimum atomic E-state index is -4.15. The second kappa shape index (κ2) is 16.0. The lowest BCUT2D eigenvalue weighted by molar-refractivity contribution is -0.140. The predicted molar refractivity (Wildman–Crippen MR) is 187 cm³/mol. The van der Waals surface area contributed by atoms with Crippen molar-refractivity contribution in [3.05, 3.63) is 125 Å². The molecule has 242 valence electrons. The van der Waals surface area contributed by atoms with Gasteiger partial charge in [-0.15, -0.1) is 11.8 Å². The summed E-state index contributed by atoms with van der Waals surface area (Å²) in [5.41, 5.74) is 4.09. The van der Waals surface area contributed by atoms with Gasteiger partial charge in [0, 0.05) is 23.9 Å². The molecule has 0 saturated carbocycles. The van der Waals surface area contributed by atoms with Crippen LogP contribution in [0.2, 0.25) is 0 Å². The van der Waals surface area contributed by atoms with Crippen LogP contribution in [0.1, 0.15) is 42.5 Å². The molecule has 0 aliphatic carbocycles. The number of benzene rings is 4. The number of aryl methyl sites for hydroxylation is 2. The number of amides is 2. The van der Waals surface area contributed by atoms with Crippen LogP contribution in [-0.2, 0) is 32.6 Å². The van der Waals surface area contributed by atoms with E-state index >= 15 is 0 Å². The van der Waals surface area contributed by atoms with Crippen molar-refractivity contribution in [3.63, 3.8) is 0 Å². The van der Waals surface area contributed by atoms with Gasteiger partial charge in [-0.1, -0.05) is 84.8 Å². The smallest absolute Gasteiger partial charge is 0.264 e. The highest BCUT2D eigenvalue weighted by atomic mass is 32.2. The van der Waals surface area contributed by atoms with E-state index in [0.29, 0.717) is 5.69 Å². The highest BCUT2D eigenvalue weighted by Crippen LogP contribution is 2.27. The number of carbonyl (C=O) groups is 2. The topological polar surface area (TPSA) is 86.8 Å². The third-order valence-corrected chi connectivity index (χ3v) is 10.5. The van der Waals surface area contributed by atoms with E-state index in [0.717, 1.165) is 37.9 Å². The Morgan fingerprint density at radius 1 is 0.826 bits per heavy atom. The number of anilines is 1. The Labute approximate surface area is 278 Å². The van der Waals surface area contributed by atoms with Crippen molar-refractivity contribution in [2.24, 2.45) is 0 Å². The van der Waals surface area contributed by atoms with Gasteiger partial charge in [0.05, 0.1) is 10.6 Å². The first-order valence-electron chi connectivity index (χ1n) is 15.4. The Bertz CT molecular complexity index is 1710. The van der Waals surface area contributed by atoms with Gasteiger partial charge in [0.2, 0.25) is 11.8 Å². The lowest BCUT2D eigenvalue weighted by atomic mass is 10.0. The molecule has 0 bridgehead atoms. The monoisotopic (exact) mass is 657 g/mol. The van der Waals surface area contributed by atoms with Gasteiger partial charge < -0.3 is 10.2 Å². The molecule has 0 aromatic heterocycles. The zero-order valence-corrected chi connectivity index (χ0v) is 28.8. The zero-order valence-electron chi connectivity index (χ0n) is 27.1. The number of rotatable bonds is 14. The number of nitrogens with one attached hydrogen (secondary N) is 1. The summed E-state index contributed by atoms with van der Waals surface area (Å²) in [6.45, 7) is 7.46. The van der Waals surface area contributed by atoms with Crippen LogP contribution in [0.4, 0.5) is 5.69 Å². The van der Waals surface area contributed by atoms with E-state index in [1.165, 1.54) is 16.7 Å². The second-order valence-electron chi connectivity index (χ2n) is 11.6. The van der Waals surface area contributed by atoms with Crippen LogP contribution in [0.25, 0.3) is 0 Å². The van der Waals surface area contributed by atoms with Crippen LogP contribution < -0.4 is 9.62 Å². The van der Waals surface area contributed by atoms with E-state index in [2.05, 4.69) is 5.32 Å². The SMILES string of the molecule is CC[C@H](C)NC(=O)[C@H](Cc1ccccc1)N(Cc1cccc(C)c1)C(=O)CN(c1ccc(C)cc1)S(=O)(=O)c1ccc(SC)cc1. The molecule has 0 unspecified atom stereocenters. The average Bonchev–Trinajstić information content (AvgIpc) is 3.06. The van der Waals surface area contributed by atoms with Gasteiger partial charge >= 0.3 is 0 Å². The lowest BCUT2D eigenvalue weighted by Crippen LogP contribution is -2.54. The van der Waals surface area contributed by atoms with Crippen LogP contribution in [0.15, 0.2) is 113 Å². The van der Waals surface area contributed by atoms with Crippen LogP contribution >= 0.6 is 11.8 Å². The van der Waals surface area contributed by atoms with E-state index in [4.69, 9.17) is 0 Å². The predicted octanol–water partition coefficient (Wildman–Crippen LogP) is 6.78. The molecule has 0 saturated heterocycles. The molecule has 46 heavy (non-hydrogen) atoms. The average molecular weight is 658 g/mol. The molecule has 9 heteroatoms. The van der Waals surface area contributed by atoms with E-state index in [9.17, 15) is 18.0 Å². The molecular weight excluding hydrogens is 615 g/mol. The Hall–Kier alpha value is -4.08. The standard InChI is InChI=1S/C37H43N3O4S2/c1-6-29(4)38-37(42)35(24-30-12-8-7-9-13-30)39(25-31-14-10-11-28(3)23-31)36(41)26-40(32-17-15-27(2)16-18-32)46(43,44)34-21-19-33(45-5)20-22-34/h7-23,29,35H,6,24-26H2,1-5H3,(H,38,42)/t29-,35-/m0/s1. The van der Waals surface area contributed by atoms with Crippen LogP contribution in [-0.4, -0.2) is 50.0 Å². The third-order valence-electron chi connectivity index (χ3n) is 7.96. The summed E-state index contributed by atoms with van der Waals surface area (Å²) in [6.07, 6.45) is 2.92. The quantitative estimate of drug-likeness (QED) is 0.151. The molecule has 7 nitrogen and oxygen atoms in total. The van der Waals surface area contributed by atoms with Crippen LogP contribution in [0.5, 0.6) is 0 Å². The summed E-state index contributed by atoms with van der Waals surface area (Å²) in [6, 6.07) is 30.1. The van der Waals surface area contributed by atoms with Crippen molar-refractivity contribution in [2.75, 3.05) is 17.1 Å². The zero-order chi connectivity index (χ0) is 33.3. The fourth-order valence-electron chi connectivity index (χ4n) is 5.12. The number of hydrogen-bond donors (Lipinski definition) is 1. The number of sulfonamides is 1. The first-order valence-corrected chi connectivity index (χ1v) is 18.1. The van der Waals surface area contributed by atoms with Gasteiger partial charge in [-0.25, -0.2) is 8.42 Å². The Morgan fingerprint density at radius 2 is 1.48 bits per heavy atom. The molecule has 0 radical (unpaired) electrons. The Morgan fingerprint density at radius 3 is 2.09 bits per heavy atom. The molecule has 0 aliphatic rings. The van der Waals surface area contributed by atoms with Crippen molar-refractivity contribution >= 4 is 39.3 Å². The summed E-state index contributed by atoms with van der Waals surface area (Å²) in [5, 5.41) is 3.07. The molecule has 4 rings (SSSR count). The van der Waals surface area contributed by atoms with Crippen molar-refractivity contribution < 1.29 is 18.0 Å². The lowest BCUT2D eigenvalue weighted by Gasteiger charge is -2.34. The fraction of sp³-hybridized carbons (Fsp3) is 0.297. The Balaban J connectivity index is 1.80. The molecule has 2 atom stereocenters. The second-order valence-corrected chi connectivity index (χ2v) is 14.3. The molecule has 0 aliphatic heterocycles. The van der Waals surface area contributed by atoms with Crippen LogP contribution in [0.3, 0.4) is 0 Å². The van der Waals surface area contributed by atoms with E-state index in [-0.39, 0.29) is 29.8 Å². The van der Waals surface area contributed by atoms with Gasteiger partial charge in [0.15, 0.2) is 0 Å². The van der Waals surface area contributed by atoms with Gasteiger partial charge in [0.1, 0.15) is 12.6 Å². The Kier molecular flexibility index (Phi) is 12.1. The fourth-order valence-corrected chi connectivity index (χ4v) is 6.94. The minimum Gasteiger partial charge on any atom is -0.352 e. The molecule has 4 aromatic carbocycles. The number of nitrogens with zero attached hydrogens (tertiary/aromatic N) is 2. The highest BCUT2D eigenvalue weighted by Gasteiger charge is 2.35. The number of thioether (sulfide) groups is 1. The summed E-state index contributed by atoms with van der Waals surface area (Å²) >= 11 is 1.52. The van der Waals surface area contributed by atoms with Gasteiger partial charge in [-0.3, -0.25) is 13.9 Å². The maximum absolute atomic E-state index is 14.6. The van der Waals surface area contributed by atoms with Crippen molar-refractivity contribution in [3.8, 4) is 0 Å². The summed E-state index contributed by atoms with van der Waals surface area (Å²) in [4.78, 5) is 31.1. The molecule has 0 heterocycles. The van der Waals surface area contributed by atoms with Crippen LogP contribution in [0, 0.1) is 13.8 Å².